The number of fused-ring (bicyclic) bond motifs is 2. The fourth-order valence-corrected chi connectivity index (χ4v) is 9.08. The van der Waals surface area contributed by atoms with Crippen molar-refractivity contribution in [3.63, 3.8) is 0 Å². The van der Waals surface area contributed by atoms with Crippen LogP contribution >= 0.6 is 15.6 Å². The average molecular weight is 870 g/mol. The summed E-state index contributed by atoms with van der Waals surface area (Å²) in [4.78, 5) is 82.7. The van der Waals surface area contributed by atoms with Gasteiger partial charge in [0.25, 0.3) is 5.56 Å². The fourth-order valence-electron chi connectivity index (χ4n) is 7.46. The van der Waals surface area contributed by atoms with E-state index in [-0.39, 0.29) is 59.2 Å². The molecule has 3 fully saturated rings. The van der Waals surface area contributed by atoms with E-state index in [1.54, 1.807) is 0 Å². The zero-order valence-corrected chi connectivity index (χ0v) is 32.0. The van der Waals surface area contributed by atoms with Gasteiger partial charge in [0.2, 0.25) is 5.95 Å². The van der Waals surface area contributed by atoms with E-state index in [0.717, 1.165) is 10.9 Å². The Kier molecular flexibility index (Phi) is 10.7. The van der Waals surface area contributed by atoms with E-state index in [4.69, 9.17) is 45.0 Å². The van der Waals surface area contributed by atoms with E-state index >= 15 is 0 Å². The molecule has 5 aromatic heterocycles. The molecular formula is C29H37N13O15P2. The Balaban J connectivity index is 1.10. The molecule has 8 rings (SSSR count). The van der Waals surface area contributed by atoms with Crippen molar-refractivity contribution in [2.24, 2.45) is 0 Å². The smallest absolute Gasteiger partial charge is 0.394 e. The maximum absolute atomic E-state index is 13.7. The summed E-state index contributed by atoms with van der Waals surface area (Å²) in [6, 6.07) is 1.32. The SMILES string of the molecule is Nc1ccn(C2CC(OP(=O)(O)OCC3(CC4OC(n5cnc6c(=O)[nH]c(N)nc65)CC4O)OC(n4cnc5c(N)ncnc54)CC3OP(=O)(O)O)C(CO)O2)c(=O)n1. The summed E-state index contributed by atoms with van der Waals surface area (Å²) in [6.07, 6.45) is -6.46. The molecule has 12 N–H and O–H groups in total. The Morgan fingerprint density at radius 3 is 2.32 bits per heavy atom. The van der Waals surface area contributed by atoms with Crippen LogP contribution in [0.4, 0.5) is 17.6 Å². The predicted octanol–water partition coefficient (Wildman–Crippen LogP) is -2.08. The van der Waals surface area contributed by atoms with Crippen LogP contribution in [0.15, 0.2) is 40.8 Å². The van der Waals surface area contributed by atoms with Gasteiger partial charge >= 0.3 is 21.3 Å². The van der Waals surface area contributed by atoms with E-state index in [2.05, 4.69) is 34.9 Å². The minimum Gasteiger partial charge on any atom is -0.394 e. The molecule has 0 radical (unpaired) electrons. The van der Waals surface area contributed by atoms with Crippen molar-refractivity contribution in [1.29, 1.82) is 0 Å². The Hall–Kier alpha value is -4.80. The number of imidazole rings is 2. The number of aliphatic hydroxyl groups excluding tert-OH is 2. The summed E-state index contributed by atoms with van der Waals surface area (Å²) < 4.78 is 64.6. The Morgan fingerprint density at radius 1 is 0.881 bits per heavy atom. The summed E-state index contributed by atoms with van der Waals surface area (Å²) in [5, 5.41) is 21.4. The number of anilines is 3. The van der Waals surface area contributed by atoms with E-state index in [0.29, 0.717) is 0 Å². The second-order valence-corrected chi connectivity index (χ2v) is 16.5. The minimum absolute atomic E-state index is 0.0124. The first kappa shape index (κ1) is 41.0. The number of nitrogens with two attached hydrogens (primary N) is 3. The maximum atomic E-state index is 13.7. The number of hydrogen-bond donors (Lipinski definition) is 9. The van der Waals surface area contributed by atoms with Gasteiger partial charge in [-0.25, -0.2) is 33.9 Å². The molecule has 28 nitrogen and oxygen atoms in total. The number of rotatable bonds is 13. The zero-order valence-electron chi connectivity index (χ0n) is 30.2. The molecule has 30 heteroatoms. The molecule has 0 amide bonds. The highest BCUT2D eigenvalue weighted by molar-refractivity contribution is 7.47. The van der Waals surface area contributed by atoms with Crippen molar-refractivity contribution < 1.29 is 61.8 Å². The van der Waals surface area contributed by atoms with Crippen LogP contribution in [0.3, 0.4) is 0 Å². The Morgan fingerprint density at radius 2 is 1.59 bits per heavy atom. The van der Waals surface area contributed by atoms with Crippen LogP contribution in [0.1, 0.15) is 44.4 Å². The first-order valence-corrected chi connectivity index (χ1v) is 20.6. The fraction of sp³-hybridized carbons (Fsp3) is 0.517. The summed E-state index contributed by atoms with van der Waals surface area (Å²) in [7, 11) is -10.6. The molecule has 10 unspecified atom stereocenters. The predicted molar refractivity (Wildman–Crippen MR) is 195 cm³/mol. The molecule has 3 saturated heterocycles. The van der Waals surface area contributed by atoms with Crippen LogP contribution in [0, 0.1) is 0 Å². The number of nitrogens with zero attached hydrogens (tertiary/aromatic N) is 9. The highest BCUT2D eigenvalue weighted by atomic mass is 31.2. The van der Waals surface area contributed by atoms with Gasteiger partial charge < -0.3 is 56.3 Å². The third-order valence-electron chi connectivity index (χ3n) is 10.1. The van der Waals surface area contributed by atoms with E-state index < -0.39 is 101 Å². The average Bonchev–Trinajstić information content (AvgIpc) is 3.98. The number of H-pyrrole nitrogens is 1. The normalized spacial score (nSPS) is 29.8. The van der Waals surface area contributed by atoms with Crippen LogP contribution in [-0.2, 0) is 36.9 Å². The molecule has 3 aliphatic heterocycles. The largest absolute Gasteiger partial charge is 0.472 e. The van der Waals surface area contributed by atoms with Gasteiger partial charge in [-0.05, 0) is 6.07 Å². The van der Waals surface area contributed by atoms with Crippen LogP contribution < -0.4 is 28.5 Å². The van der Waals surface area contributed by atoms with Crippen molar-refractivity contribution in [1.82, 2.24) is 48.6 Å². The zero-order chi connectivity index (χ0) is 42.0. The third-order valence-corrected chi connectivity index (χ3v) is 11.6. The lowest BCUT2D eigenvalue weighted by Crippen LogP contribution is -2.49. The first-order valence-electron chi connectivity index (χ1n) is 17.6. The van der Waals surface area contributed by atoms with Gasteiger partial charge in [0.05, 0.1) is 38.1 Å². The van der Waals surface area contributed by atoms with Gasteiger partial charge in [0.15, 0.2) is 22.6 Å². The molecule has 0 aromatic carbocycles. The molecule has 3 aliphatic rings. The van der Waals surface area contributed by atoms with E-state index in [1.807, 2.05) is 0 Å². The summed E-state index contributed by atoms with van der Waals surface area (Å²) in [5.74, 6) is -0.262. The van der Waals surface area contributed by atoms with Gasteiger partial charge in [-0.2, -0.15) is 9.97 Å². The van der Waals surface area contributed by atoms with Crippen molar-refractivity contribution >= 4 is 55.6 Å². The van der Waals surface area contributed by atoms with Crippen LogP contribution in [0.5, 0.6) is 0 Å². The third kappa shape index (κ3) is 8.10. The second kappa shape index (κ2) is 15.3. The van der Waals surface area contributed by atoms with Gasteiger partial charge in [-0.15, -0.1) is 0 Å². The number of phosphoric ester groups is 2. The second-order valence-electron chi connectivity index (χ2n) is 13.9. The highest BCUT2D eigenvalue weighted by Gasteiger charge is 2.57. The van der Waals surface area contributed by atoms with Gasteiger partial charge in [-0.1, -0.05) is 0 Å². The molecule has 0 bridgehead atoms. The van der Waals surface area contributed by atoms with E-state index in [9.17, 15) is 43.6 Å². The van der Waals surface area contributed by atoms with Crippen LogP contribution in [-0.4, -0.2) is 123 Å². The standard InChI is InChI=1S/C29H37N13O15P2/c30-17-1-2-40(28(46)37-17)19-4-13(15(7-43)54-19)56-59(50,51)52-8-29(6-14-12(44)3-18(53-14)41-11-36-22-25(41)38-27(32)39-26(22)45)16(57-58(47,48)49)5-20(55-29)42-10-35-21-23(31)33-9-34-24(21)42/h1-2,9-16,18-20,43-44H,3-8H2,(H,50,51)(H2,30,37,46)(H2,31,33,34)(H2,47,48,49)(H3,32,38,39,45). The molecule has 0 saturated carbocycles. The minimum atomic E-state index is -5.37. The molecular weight excluding hydrogens is 832 g/mol. The first-order chi connectivity index (χ1) is 27.9. The molecule has 10 atom stereocenters. The number of ether oxygens (including phenoxy) is 3. The topological polar surface area (TPSA) is 411 Å². The lowest BCUT2D eigenvalue weighted by molar-refractivity contribution is -0.155. The molecule has 0 aliphatic carbocycles. The van der Waals surface area contributed by atoms with E-state index in [1.165, 1.54) is 34.1 Å². The quantitative estimate of drug-likeness (QED) is 0.0573. The van der Waals surface area contributed by atoms with Crippen molar-refractivity contribution in [2.45, 2.75) is 80.5 Å². The van der Waals surface area contributed by atoms with Gasteiger partial charge in [-0.3, -0.25) is 37.1 Å². The number of nitrogen functional groups attached to an aromatic ring is 3. The summed E-state index contributed by atoms with van der Waals surface area (Å²) in [5.41, 5.74) is 14.0. The number of aromatic nitrogens is 10. The lowest BCUT2D eigenvalue weighted by atomic mass is 9.89. The monoisotopic (exact) mass is 869 g/mol. The number of aromatic amines is 1. The molecule has 5 aromatic rings. The molecule has 318 valence electrons. The maximum Gasteiger partial charge on any atom is 0.472 e. The van der Waals surface area contributed by atoms with Crippen LogP contribution in [0.25, 0.3) is 22.3 Å². The molecule has 59 heavy (non-hydrogen) atoms. The lowest BCUT2D eigenvalue weighted by Gasteiger charge is -2.36. The number of aliphatic hydroxyl groups is 2. The number of phosphoric acid groups is 2. The van der Waals surface area contributed by atoms with Gasteiger partial charge in [0, 0.05) is 31.9 Å². The van der Waals surface area contributed by atoms with Crippen molar-refractivity contribution in [3.05, 3.63) is 52.1 Å². The number of nitrogens with one attached hydrogen (secondary N) is 1. The highest BCUT2D eigenvalue weighted by Crippen LogP contribution is 2.54. The van der Waals surface area contributed by atoms with Gasteiger partial charge in [0.1, 0.15) is 60.3 Å². The summed E-state index contributed by atoms with van der Waals surface area (Å²) in [6.45, 7) is -1.70. The van der Waals surface area contributed by atoms with Crippen LogP contribution in [0.2, 0.25) is 0 Å². The Labute approximate surface area is 328 Å². The molecule has 8 heterocycles. The number of hydrogen-bond acceptors (Lipinski definition) is 21. The molecule has 0 spiro atoms. The van der Waals surface area contributed by atoms with Crippen molar-refractivity contribution in [2.75, 3.05) is 30.4 Å². The van der Waals surface area contributed by atoms with Crippen molar-refractivity contribution in [3.8, 4) is 0 Å². The summed E-state index contributed by atoms with van der Waals surface area (Å²) >= 11 is 0. The Bertz CT molecular complexity index is 2600.